The second-order valence-electron chi connectivity index (χ2n) is 4.84. The first kappa shape index (κ1) is 14.8. The molecular formula is C13H22ClN3O2. The molecule has 0 radical (unpaired) electrons. The lowest BCUT2D eigenvalue weighted by Crippen LogP contribution is -2.35. The van der Waals surface area contributed by atoms with Crippen LogP contribution in [0.15, 0.2) is 0 Å². The van der Waals surface area contributed by atoms with E-state index in [0.29, 0.717) is 13.2 Å². The Hall–Kier alpha value is -0.620. The van der Waals surface area contributed by atoms with Gasteiger partial charge in [-0.1, -0.05) is 18.5 Å². The molecule has 1 atom stereocenters. The van der Waals surface area contributed by atoms with Crippen LogP contribution in [0.5, 0.6) is 0 Å². The number of aromatic nitrogens is 2. The molecule has 0 aliphatic carbocycles. The lowest BCUT2D eigenvalue weighted by molar-refractivity contribution is -0.0526. The SMILES string of the molecule is CCNC(Cc1c(Cl)c(C)nn1C)CC1OCCO1. The van der Waals surface area contributed by atoms with Crippen molar-refractivity contribution in [1.29, 1.82) is 0 Å². The molecule has 0 spiro atoms. The van der Waals surface area contributed by atoms with Gasteiger partial charge in [0.05, 0.1) is 29.6 Å². The number of likely N-dealkylation sites (N-methyl/N-ethyl adjacent to an activating group) is 1. The predicted molar refractivity (Wildman–Crippen MR) is 74.4 cm³/mol. The molecule has 1 unspecified atom stereocenters. The predicted octanol–water partition coefficient (Wildman–Crippen LogP) is 1.67. The number of nitrogens with zero attached hydrogens (tertiary/aromatic N) is 2. The van der Waals surface area contributed by atoms with Crippen LogP contribution in [0, 0.1) is 6.92 Å². The Morgan fingerprint density at radius 3 is 2.68 bits per heavy atom. The Kier molecular flexibility index (Phi) is 5.21. The van der Waals surface area contributed by atoms with Gasteiger partial charge in [-0.3, -0.25) is 4.68 Å². The minimum atomic E-state index is -0.0999. The zero-order chi connectivity index (χ0) is 13.8. The molecule has 0 saturated carbocycles. The molecule has 108 valence electrons. The highest BCUT2D eigenvalue weighted by Crippen LogP contribution is 2.22. The number of aryl methyl sites for hydroxylation is 2. The second-order valence-corrected chi connectivity index (χ2v) is 5.21. The fraction of sp³-hybridized carbons (Fsp3) is 0.769. The van der Waals surface area contributed by atoms with Gasteiger partial charge in [0.1, 0.15) is 0 Å². The van der Waals surface area contributed by atoms with Crippen molar-refractivity contribution < 1.29 is 9.47 Å². The van der Waals surface area contributed by atoms with Crippen molar-refractivity contribution in [1.82, 2.24) is 15.1 Å². The molecule has 2 heterocycles. The summed E-state index contributed by atoms with van der Waals surface area (Å²) in [4.78, 5) is 0. The fourth-order valence-electron chi connectivity index (χ4n) is 2.44. The Morgan fingerprint density at radius 2 is 2.16 bits per heavy atom. The molecule has 0 bridgehead atoms. The minimum Gasteiger partial charge on any atom is -0.350 e. The summed E-state index contributed by atoms with van der Waals surface area (Å²) in [7, 11) is 1.93. The maximum Gasteiger partial charge on any atom is 0.159 e. The molecule has 19 heavy (non-hydrogen) atoms. The van der Waals surface area contributed by atoms with E-state index >= 15 is 0 Å². The molecule has 1 fully saturated rings. The topological polar surface area (TPSA) is 48.3 Å². The van der Waals surface area contributed by atoms with Gasteiger partial charge < -0.3 is 14.8 Å². The van der Waals surface area contributed by atoms with E-state index in [-0.39, 0.29) is 12.3 Å². The van der Waals surface area contributed by atoms with Gasteiger partial charge in [-0.2, -0.15) is 5.10 Å². The average Bonchev–Trinajstić information content (AvgIpc) is 2.94. The van der Waals surface area contributed by atoms with E-state index in [1.807, 2.05) is 18.7 Å². The Labute approximate surface area is 119 Å². The summed E-state index contributed by atoms with van der Waals surface area (Å²) in [6.07, 6.45) is 1.55. The van der Waals surface area contributed by atoms with Gasteiger partial charge in [-0.25, -0.2) is 0 Å². The first-order valence-electron chi connectivity index (χ1n) is 6.76. The van der Waals surface area contributed by atoms with Crippen molar-refractivity contribution >= 4 is 11.6 Å². The number of rotatable bonds is 6. The molecule has 6 heteroatoms. The third kappa shape index (κ3) is 3.69. The Bertz CT molecular complexity index is 416. The van der Waals surface area contributed by atoms with Crippen LogP contribution in [-0.2, 0) is 22.9 Å². The molecule has 1 N–H and O–H groups in total. The van der Waals surface area contributed by atoms with Crippen LogP contribution in [-0.4, -0.2) is 41.9 Å². The van der Waals surface area contributed by atoms with Crippen LogP contribution in [0.1, 0.15) is 24.7 Å². The average molecular weight is 288 g/mol. The van der Waals surface area contributed by atoms with Crippen LogP contribution in [0.3, 0.4) is 0 Å². The monoisotopic (exact) mass is 287 g/mol. The van der Waals surface area contributed by atoms with Gasteiger partial charge in [0.2, 0.25) is 0 Å². The van der Waals surface area contributed by atoms with Gasteiger partial charge in [0.15, 0.2) is 6.29 Å². The Morgan fingerprint density at radius 1 is 1.47 bits per heavy atom. The van der Waals surface area contributed by atoms with Crippen molar-refractivity contribution in [3.8, 4) is 0 Å². The third-order valence-electron chi connectivity index (χ3n) is 3.36. The largest absolute Gasteiger partial charge is 0.350 e. The van der Waals surface area contributed by atoms with E-state index < -0.39 is 0 Å². The molecule has 1 aromatic heterocycles. The summed E-state index contributed by atoms with van der Waals surface area (Å²) in [6, 6.07) is 0.278. The van der Waals surface area contributed by atoms with Gasteiger partial charge >= 0.3 is 0 Å². The molecule has 1 aliphatic heterocycles. The van der Waals surface area contributed by atoms with Crippen molar-refractivity contribution in [3.63, 3.8) is 0 Å². The summed E-state index contributed by atoms with van der Waals surface area (Å²) < 4.78 is 12.9. The standard InChI is InChI=1S/C13H22ClN3O2/c1-4-15-10(8-12-18-5-6-19-12)7-11-13(14)9(2)16-17(11)3/h10,12,15H,4-8H2,1-3H3. The van der Waals surface area contributed by atoms with Gasteiger partial charge in [0, 0.05) is 25.9 Å². The van der Waals surface area contributed by atoms with Crippen LogP contribution in [0.25, 0.3) is 0 Å². The molecule has 1 aliphatic rings. The molecule has 0 aromatic carbocycles. The summed E-state index contributed by atoms with van der Waals surface area (Å²) in [5.41, 5.74) is 1.94. The molecular weight excluding hydrogens is 266 g/mol. The zero-order valence-corrected chi connectivity index (χ0v) is 12.5. The molecule has 5 nitrogen and oxygen atoms in total. The number of halogens is 1. The van der Waals surface area contributed by atoms with Crippen LogP contribution in [0.2, 0.25) is 5.02 Å². The number of nitrogens with one attached hydrogen (secondary N) is 1. The smallest absolute Gasteiger partial charge is 0.159 e. The number of ether oxygens (including phenoxy) is 2. The van der Waals surface area contributed by atoms with Gasteiger partial charge in [-0.05, 0) is 13.5 Å². The minimum absolute atomic E-state index is 0.0999. The summed E-state index contributed by atoms with van der Waals surface area (Å²) in [5.74, 6) is 0. The van der Waals surface area contributed by atoms with Crippen molar-refractivity contribution in [2.45, 2.75) is 39.0 Å². The molecule has 1 aromatic rings. The lowest BCUT2D eigenvalue weighted by Gasteiger charge is -2.21. The van der Waals surface area contributed by atoms with E-state index in [4.69, 9.17) is 21.1 Å². The number of hydrogen-bond acceptors (Lipinski definition) is 4. The van der Waals surface area contributed by atoms with E-state index in [9.17, 15) is 0 Å². The highest BCUT2D eigenvalue weighted by atomic mass is 35.5. The van der Waals surface area contributed by atoms with Crippen molar-refractivity contribution in [3.05, 3.63) is 16.4 Å². The van der Waals surface area contributed by atoms with Crippen LogP contribution < -0.4 is 5.32 Å². The molecule has 2 rings (SSSR count). The highest BCUT2D eigenvalue weighted by Gasteiger charge is 2.23. The maximum absolute atomic E-state index is 6.30. The third-order valence-corrected chi connectivity index (χ3v) is 3.85. The summed E-state index contributed by atoms with van der Waals surface area (Å²) in [5, 5.41) is 8.57. The second kappa shape index (κ2) is 6.70. The molecule has 1 saturated heterocycles. The van der Waals surface area contributed by atoms with Crippen LogP contribution in [0.4, 0.5) is 0 Å². The zero-order valence-electron chi connectivity index (χ0n) is 11.8. The lowest BCUT2D eigenvalue weighted by atomic mass is 10.1. The first-order valence-corrected chi connectivity index (χ1v) is 7.14. The van der Waals surface area contributed by atoms with E-state index in [1.54, 1.807) is 0 Å². The van der Waals surface area contributed by atoms with Gasteiger partial charge in [0.25, 0.3) is 0 Å². The van der Waals surface area contributed by atoms with Crippen molar-refractivity contribution in [2.24, 2.45) is 7.05 Å². The quantitative estimate of drug-likeness (QED) is 0.865. The summed E-state index contributed by atoms with van der Waals surface area (Å²) >= 11 is 6.30. The first-order chi connectivity index (χ1) is 9.11. The van der Waals surface area contributed by atoms with Crippen molar-refractivity contribution in [2.75, 3.05) is 19.8 Å². The number of hydrogen-bond donors (Lipinski definition) is 1. The summed E-state index contributed by atoms with van der Waals surface area (Å²) in [6.45, 7) is 6.31. The fourth-order valence-corrected chi connectivity index (χ4v) is 2.68. The highest BCUT2D eigenvalue weighted by molar-refractivity contribution is 6.31. The maximum atomic E-state index is 6.30. The molecule has 0 amide bonds. The van der Waals surface area contributed by atoms with Gasteiger partial charge in [-0.15, -0.1) is 0 Å². The Balaban J connectivity index is 2.02. The van der Waals surface area contributed by atoms with E-state index in [1.165, 1.54) is 0 Å². The van der Waals surface area contributed by atoms with E-state index in [0.717, 1.165) is 35.8 Å². The normalized spacial score (nSPS) is 18.1. The van der Waals surface area contributed by atoms with Crippen LogP contribution >= 0.6 is 11.6 Å². The van der Waals surface area contributed by atoms with E-state index in [2.05, 4.69) is 17.3 Å².